The molecule has 0 saturated heterocycles. The number of rotatable bonds is 1. The van der Waals surface area contributed by atoms with Crippen molar-refractivity contribution in [3.05, 3.63) is 28.8 Å². The van der Waals surface area contributed by atoms with Crippen molar-refractivity contribution in [1.82, 2.24) is 0 Å². The van der Waals surface area contributed by atoms with Gasteiger partial charge < -0.3 is 5.32 Å². The minimum atomic E-state index is -2.01. The van der Waals surface area contributed by atoms with Crippen molar-refractivity contribution in [2.45, 2.75) is 30.0 Å². The minimum Gasteiger partial charge on any atom is -0.321 e. The molecular formula is C12H13Cl4NO. The fourth-order valence-corrected chi connectivity index (χ4v) is 1.65. The third-order valence-corrected chi connectivity index (χ3v) is 3.17. The van der Waals surface area contributed by atoms with Gasteiger partial charge in [0.1, 0.15) is 0 Å². The van der Waals surface area contributed by atoms with Gasteiger partial charge in [0.25, 0.3) is 9.70 Å². The number of alkyl halides is 3. The van der Waals surface area contributed by atoms with E-state index in [0.717, 1.165) is 5.56 Å². The molecule has 0 bridgehead atoms. The Kier molecular flexibility index (Phi) is 4.82. The van der Waals surface area contributed by atoms with Gasteiger partial charge in [-0.05, 0) is 23.1 Å². The first-order valence-corrected chi connectivity index (χ1v) is 6.71. The van der Waals surface area contributed by atoms with E-state index in [1.807, 2.05) is 6.07 Å². The Bertz CT molecular complexity index is 460. The van der Waals surface area contributed by atoms with Crippen molar-refractivity contribution in [3.8, 4) is 0 Å². The quantitative estimate of drug-likeness (QED) is 0.726. The summed E-state index contributed by atoms with van der Waals surface area (Å²) in [5, 5.41) is 2.87. The first-order valence-electron chi connectivity index (χ1n) is 5.20. The van der Waals surface area contributed by atoms with E-state index in [1.54, 1.807) is 12.1 Å². The monoisotopic (exact) mass is 327 g/mol. The fraction of sp³-hybridized carbons (Fsp3) is 0.417. The van der Waals surface area contributed by atoms with Gasteiger partial charge in [-0.1, -0.05) is 73.2 Å². The Labute approximate surface area is 127 Å². The van der Waals surface area contributed by atoms with E-state index in [0.29, 0.717) is 10.7 Å². The lowest BCUT2D eigenvalue weighted by Gasteiger charge is -2.20. The molecule has 0 radical (unpaired) electrons. The number of carbonyl (C=O) groups excluding carboxylic acids is 1. The number of nitrogens with one attached hydrogen (secondary N) is 1. The lowest BCUT2D eigenvalue weighted by Crippen LogP contribution is -2.27. The second kappa shape index (κ2) is 5.46. The zero-order valence-electron chi connectivity index (χ0n) is 10.2. The zero-order chi connectivity index (χ0) is 14.1. The summed E-state index contributed by atoms with van der Waals surface area (Å²) in [5.74, 6) is -0.738. The number of anilines is 1. The highest BCUT2D eigenvalue weighted by Crippen LogP contribution is 2.32. The van der Waals surface area contributed by atoms with E-state index in [9.17, 15) is 4.79 Å². The molecule has 0 aliphatic rings. The average molecular weight is 329 g/mol. The third-order valence-electron chi connectivity index (χ3n) is 2.34. The van der Waals surface area contributed by atoms with Crippen molar-refractivity contribution in [2.75, 3.05) is 5.32 Å². The maximum absolute atomic E-state index is 11.5. The van der Waals surface area contributed by atoms with Crippen LogP contribution in [-0.4, -0.2) is 9.70 Å². The van der Waals surface area contributed by atoms with Gasteiger partial charge in [-0.15, -0.1) is 0 Å². The molecule has 0 saturated carbocycles. The lowest BCUT2D eigenvalue weighted by atomic mass is 9.87. The van der Waals surface area contributed by atoms with E-state index in [-0.39, 0.29) is 5.41 Å². The van der Waals surface area contributed by atoms with Crippen molar-refractivity contribution in [3.63, 3.8) is 0 Å². The van der Waals surface area contributed by atoms with Crippen LogP contribution in [0.4, 0.5) is 5.69 Å². The second-order valence-corrected chi connectivity index (χ2v) is 7.58. The maximum Gasteiger partial charge on any atom is 0.276 e. The summed E-state index contributed by atoms with van der Waals surface area (Å²) in [6.07, 6.45) is 0. The Hall–Kier alpha value is -0.150. The molecule has 0 spiro atoms. The highest BCUT2D eigenvalue weighted by atomic mass is 35.6. The van der Waals surface area contributed by atoms with Crippen LogP contribution in [0.15, 0.2) is 18.2 Å². The van der Waals surface area contributed by atoms with Gasteiger partial charge in [-0.2, -0.15) is 0 Å². The third kappa shape index (κ3) is 4.20. The van der Waals surface area contributed by atoms with E-state index < -0.39 is 9.70 Å². The van der Waals surface area contributed by atoms with E-state index >= 15 is 0 Å². The number of hydrogen-bond acceptors (Lipinski definition) is 1. The van der Waals surface area contributed by atoms with Gasteiger partial charge >= 0.3 is 0 Å². The van der Waals surface area contributed by atoms with Crippen molar-refractivity contribution in [1.29, 1.82) is 0 Å². The van der Waals surface area contributed by atoms with Crippen LogP contribution in [0, 0.1) is 0 Å². The number of carbonyl (C=O) groups is 1. The zero-order valence-corrected chi connectivity index (χ0v) is 13.2. The van der Waals surface area contributed by atoms with Crippen LogP contribution in [0.5, 0.6) is 0 Å². The molecule has 6 heteroatoms. The molecule has 0 atom stereocenters. The summed E-state index contributed by atoms with van der Waals surface area (Å²) in [6, 6.07) is 5.35. The Morgan fingerprint density at radius 1 is 1.17 bits per heavy atom. The highest BCUT2D eigenvalue weighted by molar-refractivity contribution is 6.76. The summed E-state index contributed by atoms with van der Waals surface area (Å²) in [6.45, 7) is 6.20. The van der Waals surface area contributed by atoms with E-state index in [1.165, 1.54) is 0 Å². The summed E-state index contributed by atoms with van der Waals surface area (Å²) in [7, 11) is 0. The molecule has 18 heavy (non-hydrogen) atoms. The standard InChI is InChI=1S/C12H13Cl4NO/c1-11(2,3)7-4-5-9(8(13)6-7)17-10(18)12(14,15)16/h4-6H,1-3H3,(H,17,18). The molecule has 1 N–H and O–H groups in total. The van der Waals surface area contributed by atoms with Gasteiger partial charge in [0.2, 0.25) is 0 Å². The molecule has 0 heterocycles. The number of halogens is 4. The molecule has 2 nitrogen and oxygen atoms in total. The number of amides is 1. The van der Waals surface area contributed by atoms with Gasteiger partial charge in [0.15, 0.2) is 0 Å². The molecule has 1 amide bonds. The Balaban J connectivity index is 2.98. The Morgan fingerprint density at radius 3 is 2.11 bits per heavy atom. The van der Waals surface area contributed by atoms with Crippen LogP contribution in [-0.2, 0) is 10.2 Å². The van der Waals surface area contributed by atoms with Crippen LogP contribution < -0.4 is 5.32 Å². The predicted octanol–water partition coefficient (Wildman–Crippen LogP) is 4.95. The molecule has 0 aromatic heterocycles. The number of benzene rings is 1. The van der Waals surface area contributed by atoms with Gasteiger partial charge in [0, 0.05) is 0 Å². The molecule has 1 aromatic carbocycles. The second-order valence-electron chi connectivity index (χ2n) is 4.90. The van der Waals surface area contributed by atoms with Crippen molar-refractivity contribution in [2.24, 2.45) is 0 Å². The van der Waals surface area contributed by atoms with Crippen LogP contribution in [0.25, 0.3) is 0 Å². The summed E-state index contributed by atoms with van der Waals surface area (Å²) >= 11 is 22.5. The molecule has 1 aromatic rings. The van der Waals surface area contributed by atoms with Crippen LogP contribution >= 0.6 is 46.4 Å². The van der Waals surface area contributed by atoms with Gasteiger partial charge in [0.05, 0.1) is 10.7 Å². The average Bonchev–Trinajstić information content (AvgIpc) is 2.17. The Morgan fingerprint density at radius 2 is 1.72 bits per heavy atom. The minimum absolute atomic E-state index is 0.0264. The largest absolute Gasteiger partial charge is 0.321 e. The van der Waals surface area contributed by atoms with Crippen molar-refractivity contribution >= 4 is 58.0 Å². The normalized spacial score (nSPS) is 12.4. The maximum atomic E-state index is 11.5. The smallest absolute Gasteiger partial charge is 0.276 e. The molecule has 0 aliphatic heterocycles. The summed E-state index contributed by atoms with van der Waals surface area (Å²) < 4.78 is -2.01. The van der Waals surface area contributed by atoms with Crippen LogP contribution in [0.2, 0.25) is 5.02 Å². The van der Waals surface area contributed by atoms with Crippen LogP contribution in [0.3, 0.4) is 0 Å². The van der Waals surface area contributed by atoms with Crippen molar-refractivity contribution < 1.29 is 4.79 Å². The topological polar surface area (TPSA) is 29.1 Å². The van der Waals surface area contributed by atoms with E-state index in [2.05, 4.69) is 26.1 Å². The molecule has 0 unspecified atom stereocenters. The highest BCUT2D eigenvalue weighted by Gasteiger charge is 2.31. The lowest BCUT2D eigenvalue weighted by molar-refractivity contribution is -0.115. The SMILES string of the molecule is CC(C)(C)c1ccc(NC(=O)C(Cl)(Cl)Cl)c(Cl)c1. The van der Waals surface area contributed by atoms with Gasteiger partial charge in [-0.3, -0.25) is 4.79 Å². The fourth-order valence-electron chi connectivity index (χ4n) is 1.28. The van der Waals surface area contributed by atoms with Crippen LogP contribution in [0.1, 0.15) is 26.3 Å². The first kappa shape index (κ1) is 15.9. The summed E-state index contributed by atoms with van der Waals surface area (Å²) in [5.41, 5.74) is 1.45. The number of hydrogen-bond donors (Lipinski definition) is 1. The predicted molar refractivity (Wildman–Crippen MR) is 79.1 cm³/mol. The molecular weight excluding hydrogens is 316 g/mol. The first-order chi connectivity index (χ1) is 8.01. The van der Waals surface area contributed by atoms with Gasteiger partial charge in [-0.25, -0.2) is 0 Å². The summed E-state index contributed by atoms with van der Waals surface area (Å²) in [4.78, 5) is 11.5. The molecule has 0 aliphatic carbocycles. The van der Waals surface area contributed by atoms with E-state index in [4.69, 9.17) is 46.4 Å². The molecule has 0 fully saturated rings. The molecule has 100 valence electrons. The molecule has 1 rings (SSSR count).